The Kier molecular flexibility index (Phi) is 1.46. The van der Waals surface area contributed by atoms with E-state index in [0.717, 1.165) is 0 Å². The van der Waals surface area contributed by atoms with Gasteiger partial charge in [0.25, 0.3) is 0 Å². The monoisotopic (exact) mass is 420 g/mol. The molecule has 4 unspecified atom stereocenters. The normalized spacial score (nSPS) is 93.9. The van der Waals surface area contributed by atoms with Crippen molar-refractivity contribution >= 4 is 40.8 Å². The van der Waals surface area contributed by atoms with Crippen LogP contribution in [0.1, 0.15) is 0 Å². The van der Waals surface area contributed by atoms with E-state index in [1.54, 1.807) is 7.11 Å². The second-order valence-corrected chi connectivity index (χ2v) is 14.4. The van der Waals surface area contributed by atoms with E-state index in [1.807, 2.05) is 0 Å². The molecule has 12 aliphatic carbocycles. The van der Waals surface area contributed by atoms with Gasteiger partial charge in [-0.3, -0.25) is 4.79 Å². The molecule has 20 atom stereocenters. The minimum Gasteiger partial charge on any atom is -0.469 e. The lowest BCUT2D eigenvalue weighted by atomic mass is 9.66. The van der Waals surface area contributed by atoms with Gasteiger partial charge in [0.2, 0.25) is 0 Å². The second kappa shape index (κ2) is 2.90. The highest BCUT2D eigenvalue weighted by molar-refractivity contribution is 6.38. The van der Waals surface area contributed by atoms with Crippen LogP contribution >= 0.6 is 34.8 Å². The van der Waals surface area contributed by atoms with E-state index >= 15 is 0 Å². The van der Waals surface area contributed by atoms with Crippen LogP contribution in [0.4, 0.5) is 0 Å². The van der Waals surface area contributed by atoms with Crippen molar-refractivity contribution in [2.75, 3.05) is 7.11 Å². The van der Waals surface area contributed by atoms with Gasteiger partial charge >= 0.3 is 5.97 Å². The maximum atomic E-state index is 13.7. The Morgan fingerprint density at radius 3 is 1.22 bits per heavy atom. The third-order valence-electron chi connectivity index (χ3n) is 14.1. The van der Waals surface area contributed by atoms with Crippen LogP contribution in [0.2, 0.25) is 0 Å². The summed E-state index contributed by atoms with van der Waals surface area (Å²) in [6.07, 6.45) is 0. The highest BCUT2D eigenvalue weighted by Gasteiger charge is 3.10. The molecule has 0 aromatic carbocycles. The van der Waals surface area contributed by atoms with Gasteiger partial charge in [0.15, 0.2) is 0 Å². The van der Waals surface area contributed by atoms with Gasteiger partial charge in [-0.05, 0) is 94.7 Å². The zero-order valence-corrected chi connectivity index (χ0v) is 17.0. The summed E-state index contributed by atoms with van der Waals surface area (Å²) in [5, 5.41) is 0. The molecule has 5 heteroatoms. The molecule has 0 aromatic rings. The van der Waals surface area contributed by atoms with Gasteiger partial charge in [0, 0.05) is 0 Å². The maximum absolute atomic E-state index is 13.7. The van der Waals surface area contributed by atoms with Crippen molar-refractivity contribution in [3.05, 3.63) is 0 Å². The molecule has 12 saturated carbocycles. The number of halogens is 3. The van der Waals surface area contributed by atoms with Gasteiger partial charge in [-0.2, -0.15) is 0 Å². The predicted octanol–water partition coefficient (Wildman–Crippen LogP) is 3.09. The SMILES string of the molecule is COC(=O)C12[C@H]3[C@@H]4[C@@H]5[C@@H]6[C@@H]3[C@H]3[C@@H]7[C@@H]8[C@@H]([C@H]9[C@H]%10[C@@H]([C@H]5C(Cl)([C@H]8%10)C67Cl)[C@@H]4C91Cl)[C@H]32. The van der Waals surface area contributed by atoms with Crippen LogP contribution in [0.3, 0.4) is 0 Å². The smallest absolute Gasteiger partial charge is 0.314 e. The summed E-state index contributed by atoms with van der Waals surface area (Å²) in [7, 11) is 1.61. The zero-order valence-electron chi connectivity index (χ0n) is 14.7. The Bertz CT molecular complexity index is 944. The van der Waals surface area contributed by atoms with Gasteiger partial charge in [0.05, 0.1) is 27.1 Å². The summed E-state index contributed by atoms with van der Waals surface area (Å²) in [6, 6.07) is 0. The average molecular weight is 422 g/mol. The fourth-order valence-corrected chi connectivity index (χ4v) is 18.4. The first-order chi connectivity index (χ1) is 13.0. The molecule has 2 nitrogen and oxygen atoms in total. The number of esters is 1. The largest absolute Gasteiger partial charge is 0.469 e. The molecule has 12 rings (SSSR count). The molecule has 0 aromatic heterocycles. The van der Waals surface area contributed by atoms with E-state index in [9.17, 15) is 4.79 Å². The van der Waals surface area contributed by atoms with Crippen LogP contribution in [0.25, 0.3) is 0 Å². The molecule has 0 N–H and O–H groups in total. The summed E-state index contributed by atoms with van der Waals surface area (Å²) in [5.41, 5.74) is -0.381. The summed E-state index contributed by atoms with van der Waals surface area (Å²) < 4.78 is 5.61. The molecule has 12 aliphatic rings. The first-order valence-corrected chi connectivity index (χ1v) is 12.2. The first-order valence-electron chi connectivity index (χ1n) is 11.1. The molecular formula is C22H19Cl3O2. The zero-order chi connectivity index (χ0) is 17.5. The number of carbonyl (C=O) groups excluding carboxylic acids is 1. The Hall–Kier alpha value is 0.340. The molecule has 0 spiro atoms. The summed E-state index contributed by atoms with van der Waals surface area (Å²) in [4.78, 5) is 13.1. The van der Waals surface area contributed by atoms with Crippen molar-refractivity contribution in [3.8, 4) is 0 Å². The van der Waals surface area contributed by atoms with E-state index in [4.69, 9.17) is 39.5 Å². The van der Waals surface area contributed by atoms with Crippen LogP contribution in [-0.4, -0.2) is 27.7 Å². The van der Waals surface area contributed by atoms with E-state index in [2.05, 4.69) is 0 Å². The van der Waals surface area contributed by atoms with Gasteiger partial charge in [-0.15, -0.1) is 34.8 Å². The van der Waals surface area contributed by atoms with Crippen molar-refractivity contribution in [3.63, 3.8) is 0 Å². The van der Waals surface area contributed by atoms with E-state index in [1.165, 1.54) is 0 Å². The molecule has 0 bridgehead atoms. The molecular weight excluding hydrogens is 403 g/mol. The Morgan fingerprint density at radius 1 is 0.593 bits per heavy atom. The fourth-order valence-electron chi connectivity index (χ4n) is 15.8. The summed E-state index contributed by atoms with van der Waals surface area (Å²) in [5.74, 6) is 9.45. The number of carbonyl (C=O) groups is 1. The van der Waals surface area contributed by atoms with Crippen molar-refractivity contribution in [1.29, 1.82) is 0 Å². The lowest BCUT2D eigenvalue weighted by molar-refractivity contribution is -0.159. The van der Waals surface area contributed by atoms with E-state index in [-0.39, 0.29) is 26.0 Å². The molecule has 140 valence electrons. The van der Waals surface area contributed by atoms with Crippen LogP contribution < -0.4 is 0 Å². The number of hydrogen-bond donors (Lipinski definition) is 0. The minimum absolute atomic E-state index is 0.0652. The average Bonchev–Trinajstić information content (AvgIpc) is 3.39. The molecule has 0 heterocycles. The molecule has 27 heavy (non-hydrogen) atoms. The van der Waals surface area contributed by atoms with Crippen LogP contribution in [-0.2, 0) is 9.53 Å². The highest BCUT2D eigenvalue weighted by Crippen LogP contribution is 3.07. The third-order valence-corrected chi connectivity index (χ3v) is 16.7. The van der Waals surface area contributed by atoms with E-state index in [0.29, 0.717) is 94.7 Å². The lowest BCUT2D eigenvalue weighted by Crippen LogP contribution is -2.55. The van der Waals surface area contributed by atoms with E-state index < -0.39 is 0 Å². The van der Waals surface area contributed by atoms with Crippen molar-refractivity contribution in [2.45, 2.75) is 14.6 Å². The molecule has 0 amide bonds. The molecule has 0 aliphatic heterocycles. The van der Waals surface area contributed by atoms with Crippen LogP contribution in [0.15, 0.2) is 0 Å². The Morgan fingerprint density at radius 2 is 0.889 bits per heavy atom. The summed E-state index contributed by atoms with van der Waals surface area (Å²) in [6.45, 7) is 0. The lowest BCUT2D eigenvalue weighted by Gasteiger charge is -2.45. The highest BCUT2D eigenvalue weighted by atomic mass is 35.5. The number of rotatable bonds is 1. The van der Waals surface area contributed by atoms with Gasteiger partial charge in [-0.1, -0.05) is 0 Å². The van der Waals surface area contributed by atoms with Crippen molar-refractivity contribution in [1.82, 2.24) is 0 Å². The van der Waals surface area contributed by atoms with Gasteiger partial charge < -0.3 is 4.74 Å². The molecule has 0 saturated heterocycles. The van der Waals surface area contributed by atoms with Crippen molar-refractivity contribution in [2.24, 2.45) is 100 Å². The quantitative estimate of drug-likeness (QED) is 0.480. The van der Waals surface area contributed by atoms with Gasteiger partial charge in [0.1, 0.15) is 0 Å². The number of methoxy groups -OCH3 is 1. The van der Waals surface area contributed by atoms with Gasteiger partial charge in [-0.25, -0.2) is 0 Å². The van der Waals surface area contributed by atoms with Crippen molar-refractivity contribution < 1.29 is 9.53 Å². The first kappa shape index (κ1) is 13.6. The Labute approximate surface area is 172 Å². The molecule has 12 fully saturated rings. The topological polar surface area (TPSA) is 26.3 Å². The third kappa shape index (κ3) is 0.655. The van der Waals surface area contributed by atoms with Crippen LogP contribution in [0.5, 0.6) is 0 Å². The standard InChI is InChI=1S/C22H19Cl3O2/c1-27-18(26)19-10-2-3-11(19)5-7-15(3)21(24)14(2)6-4(10)12-8-9(13(5)20(12,19)23)17(7)22(21,25)16(6)8/h2-17H,1H3/t2-,3-,4-,5+,6+,7-,8-,9-,10+,11-,12+,13-,14-,15+,16-,17+,19?,20?,21?,22?/m1/s1. The van der Waals surface area contributed by atoms with Crippen LogP contribution in [0, 0.1) is 100 Å². The number of ether oxygens (including phenoxy) is 1. The predicted molar refractivity (Wildman–Crippen MR) is 96.0 cm³/mol. The summed E-state index contributed by atoms with van der Waals surface area (Å²) >= 11 is 23.5. The number of hydrogen-bond acceptors (Lipinski definition) is 2. The number of alkyl halides is 3. The second-order valence-electron chi connectivity index (χ2n) is 12.5. The maximum Gasteiger partial charge on any atom is 0.314 e. The Balaban J connectivity index is 1.42. The minimum atomic E-state index is -0.381. The fraction of sp³-hybridized carbons (Fsp3) is 0.955. The molecule has 0 radical (unpaired) electrons.